The van der Waals surface area contributed by atoms with E-state index < -0.39 is 0 Å². The maximum Gasteiger partial charge on any atom is 0.407 e. The van der Waals surface area contributed by atoms with Gasteiger partial charge in [0.05, 0.1) is 0 Å². The van der Waals surface area contributed by atoms with Crippen molar-refractivity contribution in [1.29, 1.82) is 0 Å². The molecule has 0 aromatic heterocycles. The van der Waals surface area contributed by atoms with E-state index in [0.717, 1.165) is 154 Å². The van der Waals surface area contributed by atoms with Crippen LogP contribution >= 0.6 is 0 Å². The topological polar surface area (TPSA) is 268 Å². The summed E-state index contributed by atoms with van der Waals surface area (Å²) in [6.07, 6.45) is 63.6. The van der Waals surface area contributed by atoms with Crippen molar-refractivity contribution < 1.29 is 66.7 Å². The van der Waals surface area contributed by atoms with Crippen LogP contribution in [-0.2, 0) is 53.0 Å². The van der Waals surface area contributed by atoms with E-state index in [-0.39, 0.29) is 79.2 Å². The first-order chi connectivity index (χ1) is 69.9. The smallest absolute Gasteiger partial charge is 0.407 e. The number of rotatable bonds is 29. The summed E-state index contributed by atoms with van der Waals surface area (Å²) in [5.74, 6) is 5.03. The molecule has 0 radical (unpaired) electrons. The van der Waals surface area contributed by atoms with Crippen molar-refractivity contribution in [2.75, 3.05) is 13.1 Å². The van der Waals surface area contributed by atoms with Crippen LogP contribution in [0.25, 0.3) is 43.4 Å². The van der Waals surface area contributed by atoms with E-state index in [2.05, 4.69) is 138 Å². The summed E-state index contributed by atoms with van der Waals surface area (Å²) in [6.45, 7) is 13.3. The van der Waals surface area contributed by atoms with Gasteiger partial charge in [0.25, 0.3) is 0 Å². The van der Waals surface area contributed by atoms with Gasteiger partial charge in [-0.15, -0.1) is 0 Å². The Morgan fingerprint density at radius 1 is 0.322 bits per heavy atom. The Balaban J connectivity index is 0.000000150. The largest absolute Gasteiger partial charge is 0.446 e. The summed E-state index contributed by atoms with van der Waals surface area (Å²) < 4.78 is 38.6. The Morgan fingerprint density at radius 3 is 1.17 bits per heavy atom. The zero-order valence-electron chi connectivity index (χ0n) is 87.9. The van der Waals surface area contributed by atoms with Crippen molar-refractivity contribution in [2.45, 2.75) is 449 Å². The minimum atomic E-state index is -0.302. The number of hydrogen-bond donors (Lipinski definition) is 7. The molecule has 143 heavy (non-hydrogen) atoms. The SMILES string of the molecule is CC1CCC(C(C)C)C(OC(=O)NC2CCCCC2)C1.CCCCCCCCCCCCNC(=O)OC1CCCCC1.CCNC(=O)OC1CCCCC1.O=C(NC1CCCCC1)OC1C2CC3CC(C2)CC1C3.O=C(NC1CCCCC1)OCc1c2ccccc2cc2ccccc12.O=C(NC1CCCCC1)OCc1ccc(-c2ccccc2)cc1.O=C(NC1CCCCC1)OCc1cccc2ccccc12. The van der Waals surface area contributed by atoms with E-state index in [1.165, 1.54) is 265 Å². The first-order valence-corrected chi connectivity index (χ1v) is 57.1. The van der Waals surface area contributed by atoms with E-state index in [1.54, 1.807) is 0 Å². The number of fused-ring (bicyclic) bond motifs is 3. The quantitative estimate of drug-likeness (QED) is 0.0131. The molecule has 0 aliphatic heterocycles. The summed E-state index contributed by atoms with van der Waals surface area (Å²) in [5.41, 5.74) is 5.49. The number of amides is 7. The molecule has 7 aromatic carbocycles. The van der Waals surface area contributed by atoms with Gasteiger partial charge >= 0.3 is 42.7 Å². The molecule has 0 spiro atoms. The number of alkyl carbamates (subject to hydrolysis) is 7. The van der Waals surface area contributed by atoms with Crippen LogP contribution in [-0.4, -0.2) is 110 Å². The summed E-state index contributed by atoms with van der Waals surface area (Å²) in [5, 5.41) is 27.6. The third-order valence-corrected chi connectivity index (χ3v) is 31.9. The van der Waals surface area contributed by atoms with E-state index in [0.29, 0.717) is 74.1 Å². The first-order valence-electron chi connectivity index (χ1n) is 57.1. The molecule has 12 aliphatic rings. The third kappa shape index (κ3) is 40.5. The maximum atomic E-state index is 12.2. The predicted molar refractivity (Wildman–Crippen MR) is 577 cm³/mol. The molecule has 21 heteroatoms. The Hall–Kier alpha value is -9.79. The second kappa shape index (κ2) is 63.6. The van der Waals surface area contributed by atoms with E-state index in [1.807, 2.05) is 85.8 Å². The molecule has 3 atom stereocenters. The molecule has 21 nitrogen and oxygen atoms in total. The molecular formula is C122H179N7O14. The molecule has 7 aromatic rings. The summed E-state index contributed by atoms with van der Waals surface area (Å²) >= 11 is 0. The van der Waals surface area contributed by atoms with Gasteiger partial charge in [-0.1, -0.05) is 347 Å². The minimum absolute atomic E-state index is 0.113. The van der Waals surface area contributed by atoms with Crippen LogP contribution in [0.3, 0.4) is 0 Å². The van der Waals surface area contributed by atoms with Crippen LogP contribution < -0.4 is 37.2 Å². The van der Waals surface area contributed by atoms with Crippen LogP contribution in [0.4, 0.5) is 33.6 Å². The number of benzene rings is 7. The lowest BCUT2D eigenvalue weighted by atomic mass is 9.55. The van der Waals surface area contributed by atoms with Crippen molar-refractivity contribution in [2.24, 2.45) is 41.4 Å². The van der Waals surface area contributed by atoms with Gasteiger partial charge in [-0.3, -0.25) is 0 Å². The molecule has 19 rings (SSSR count). The van der Waals surface area contributed by atoms with Crippen LogP contribution in [0.15, 0.2) is 152 Å². The van der Waals surface area contributed by atoms with Gasteiger partial charge in [0.1, 0.15) is 44.2 Å². The van der Waals surface area contributed by atoms with E-state index in [9.17, 15) is 33.6 Å². The molecule has 7 N–H and O–H groups in total. The highest BCUT2D eigenvalue weighted by Gasteiger charge is 2.50. The molecule has 12 fully saturated rings. The Kier molecular flexibility index (Phi) is 49.8. The molecule has 12 aliphatic carbocycles. The van der Waals surface area contributed by atoms with Crippen LogP contribution in [0.5, 0.6) is 0 Å². The average molecular weight is 1970 g/mol. The Morgan fingerprint density at radius 2 is 0.706 bits per heavy atom. The number of hydrogen-bond acceptors (Lipinski definition) is 14. The van der Waals surface area contributed by atoms with Gasteiger partial charge < -0.3 is 70.4 Å². The number of unbranched alkanes of at least 4 members (excludes halogenated alkanes) is 9. The average Bonchev–Trinajstić information content (AvgIpc) is 0.760. The first kappa shape index (κ1) is 112. The Bertz CT molecular complexity index is 4730. The lowest BCUT2D eigenvalue weighted by molar-refractivity contribution is -0.0966. The molecule has 7 amide bonds. The summed E-state index contributed by atoms with van der Waals surface area (Å²) in [4.78, 5) is 82.9. The van der Waals surface area contributed by atoms with E-state index >= 15 is 0 Å². The standard InChI is InChI=1S/C22H23NO2.C20H23NO2.C19H37NO2.C18H21NO2.C17H27NO2.C17H31NO2.C9H17NO2/c24-22(23-18-10-2-1-3-11-18)25-15-21-19-12-6-4-8-16(19)14-17-9-5-7-13-20(17)21;22-20(21-19-9-5-2-6-10-19)23-15-16-11-13-18(14-12-16)17-7-3-1-4-8-17;1-2-3-4-5-6-7-8-9-10-14-17-20-19(21)22-18-15-12-11-13-16-18;20-18(19-16-10-2-1-3-11-16)21-13-15-9-6-8-14-7-4-5-12-17(14)15;19-17(18-15-4-2-1-3-5-15)20-16-13-7-11-6-12(9-13)10-14(16)8-11;1-12(2)15-10-9-13(3)11-16(15)20-17(19)18-14-7-5-4-6-8-14;1-2-10-9(11)12-8-6-4-3-5-7-8/h4-9,12-14,18H,1-3,10-11,15H2,(H,23,24);1,3-4,7-8,11-14,19H,2,5-6,9-10,15H2,(H,21,22);18H,2-17H2,1H3,(H,20,21);4-9,12,16H,1-3,10-11,13H2,(H,19,20);11-16H,1-10H2,(H,18,19);12-16H,4-11H2,1-3H3,(H,18,19);8H,2-7H2,1H3,(H,10,11). The maximum absolute atomic E-state index is 12.2. The molecule has 4 bridgehead atoms. The van der Waals surface area contributed by atoms with Gasteiger partial charge in [0.15, 0.2) is 0 Å². The van der Waals surface area contributed by atoms with Gasteiger partial charge in [0, 0.05) is 48.9 Å². The van der Waals surface area contributed by atoms with Gasteiger partial charge in [-0.05, 0) is 276 Å². The van der Waals surface area contributed by atoms with Crippen LogP contribution in [0.1, 0.15) is 392 Å². The normalized spacial score (nSPS) is 22.0. The minimum Gasteiger partial charge on any atom is -0.446 e. The third-order valence-electron chi connectivity index (χ3n) is 31.9. The number of nitrogens with one attached hydrogen (secondary N) is 7. The van der Waals surface area contributed by atoms with Crippen LogP contribution in [0.2, 0.25) is 0 Å². The zero-order valence-corrected chi connectivity index (χ0v) is 87.9. The number of carbonyl (C=O) groups is 7. The highest BCUT2D eigenvalue weighted by Crippen LogP contribution is 2.55. The lowest BCUT2D eigenvalue weighted by Gasteiger charge is -2.53. The fourth-order valence-corrected chi connectivity index (χ4v) is 24.1. The lowest BCUT2D eigenvalue weighted by Crippen LogP contribution is -2.51. The zero-order chi connectivity index (χ0) is 100. The fourth-order valence-electron chi connectivity index (χ4n) is 24.1. The van der Waals surface area contributed by atoms with Crippen molar-refractivity contribution in [3.63, 3.8) is 0 Å². The van der Waals surface area contributed by atoms with Crippen molar-refractivity contribution in [1.82, 2.24) is 37.2 Å². The summed E-state index contributed by atoms with van der Waals surface area (Å²) in [7, 11) is 0. The molecular weight excluding hydrogens is 1790 g/mol. The second-order valence-corrected chi connectivity index (χ2v) is 43.7. The molecule has 786 valence electrons. The molecule has 0 heterocycles. The predicted octanol–water partition coefficient (Wildman–Crippen LogP) is 31.3. The molecule has 12 saturated carbocycles. The second-order valence-electron chi connectivity index (χ2n) is 43.7. The Labute approximate surface area is 857 Å². The van der Waals surface area contributed by atoms with E-state index in [4.69, 9.17) is 33.2 Å². The van der Waals surface area contributed by atoms with Crippen molar-refractivity contribution in [3.8, 4) is 11.1 Å². The van der Waals surface area contributed by atoms with Gasteiger partial charge in [0.2, 0.25) is 0 Å². The molecule has 3 unspecified atom stereocenters. The van der Waals surface area contributed by atoms with Crippen molar-refractivity contribution in [3.05, 3.63) is 168 Å². The van der Waals surface area contributed by atoms with Gasteiger partial charge in [-0.2, -0.15) is 0 Å². The number of ether oxygens (including phenoxy) is 7. The van der Waals surface area contributed by atoms with Crippen LogP contribution in [0, 0.1) is 41.4 Å². The highest BCUT2D eigenvalue weighted by atomic mass is 16.6. The number of carbonyl (C=O) groups excluding carboxylic acids is 7. The van der Waals surface area contributed by atoms with Crippen molar-refractivity contribution >= 4 is 75.0 Å². The highest BCUT2D eigenvalue weighted by molar-refractivity contribution is 6.02. The fraction of sp³-hybridized carbons (Fsp3) is 0.648. The monoisotopic (exact) mass is 1970 g/mol. The summed E-state index contributed by atoms with van der Waals surface area (Å²) in [6, 6.07) is 52.9. The molecule has 0 saturated heterocycles. The van der Waals surface area contributed by atoms with Gasteiger partial charge in [-0.25, -0.2) is 33.6 Å².